The summed E-state index contributed by atoms with van der Waals surface area (Å²) >= 11 is 0. The van der Waals surface area contributed by atoms with Gasteiger partial charge in [0.2, 0.25) is 17.8 Å². The molecule has 2 aromatic carbocycles. The molecule has 4 aromatic heterocycles. The number of nitrogen functional groups attached to an aromatic ring is 3. The first-order valence-corrected chi connectivity index (χ1v) is 25.3. The number of carbonyl (C=O) groups is 7. The van der Waals surface area contributed by atoms with Crippen LogP contribution in [0.4, 0.5) is 46.3 Å². The Morgan fingerprint density at radius 3 is 1.49 bits per heavy atom. The summed E-state index contributed by atoms with van der Waals surface area (Å²) < 4.78 is 14.8. The van der Waals surface area contributed by atoms with Gasteiger partial charge in [-0.25, -0.2) is 29.3 Å². The predicted octanol–water partition coefficient (Wildman–Crippen LogP) is 3.90. The summed E-state index contributed by atoms with van der Waals surface area (Å²) in [7, 11) is 4.32. The normalized spacial score (nSPS) is 11.0. The molecule has 0 atom stereocenters. The van der Waals surface area contributed by atoms with E-state index < -0.39 is 23.9 Å². The Balaban J connectivity index is 0.00000118. The molecule has 6 heterocycles. The number of unbranched alkanes of at least 4 members (excludes halogenated alkanes) is 2. The Hall–Kier alpha value is -9.15. The SMILES string of the molecule is C.C.CC(=O)O.CC(=O)OOC(C)=O.CCCCOc1nc(N)c2c(n1)N(Cc1cccc(C=O)c1)CC(=O)N2.CCCCOc1nc(N)c2c(n1)N(Cc1cccc(CNc3ccccn3)c1)CC(=O)N2.Nc1ccccn1.[B-]OC(C)=O.[Na+]. The molecule has 2 amide bonds. The Labute approximate surface area is 518 Å². The zero-order valence-corrected chi connectivity index (χ0v) is 49.3. The number of hydrogen-bond donors (Lipinski definition) is 7. The van der Waals surface area contributed by atoms with E-state index in [-0.39, 0.29) is 93.0 Å². The van der Waals surface area contributed by atoms with E-state index in [1.54, 1.807) is 41.6 Å². The van der Waals surface area contributed by atoms with Gasteiger partial charge in [0.1, 0.15) is 29.3 Å². The number of anilines is 8. The molecule has 2 aliphatic heterocycles. The molecule has 0 saturated heterocycles. The van der Waals surface area contributed by atoms with Crippen molar-refractivity contribution in [3.63, 3.8) is 0 Å². The molecule has 0 aliphatic carbocycles. The van der Waals surface area contributed by atoms with Gasteiger partial charge in [-0.2, -0.15) is 19.9 Å². The van der Waals surface area contributed by atoms with Crippen molar-refractivity contribution in [1.82, 2.24) is 29.9 Å². The molecule has 2 aliphatic rings. The summed E-state index contributed by atoms with van der Waals surface area (Å²) in [5.74, 6) is -0.0793. The molecule has 27 nitrogen and oxygen atoms in total. The molecule has 3 radical (unpaired) electrons. The minimum atomic E-state index is -0.833. The number of aldehydes is 1. The Kier molecular flexibility index (Phi) is 37.3. The van der Waals surface area contributed by atoms with Crippen molar-refractivity contribution >= 4 is 96.3 Å². The summed E-state index contributed by atoms with van der Waals surface area (Å²) in [6.45, 7) is 11.6. The van der Waals surface area contributed by atoms with Crippen molar-refractivity contribution < 1.29 is 92.1 Å². The molecular weight excluding hydrogens is 1110 g/mol. The number of benzene rings is 2. The van der Waals surface area contributed by atoms with E-state index in [2.05, 4.69) is 94.3 Å². The third kappa shape index (κ3) is 30.1. The number of pyridine rings is 2. The summed E-state index contributed by atoms with van der Waals surface area (Å²) in [4.78, 5) is 110. The quantitative estimate of drug-likeness (QED) is 0.0237. The van der Waals surface area contributed by atoms with E-state index in [9.17, 15) is 28.8 Å². The van der Waals surface area contributed by atoms with Crippen LogP contribution in [0.3, 0.4) is 0 Å². The van der Waals surface area contributed by atoms with Crippen LogP contribution >= 0.6 is 0 Å². The molecule has 8 rings (SSSR count). The zero-order chi connectivity index (χ0) is 60.4. The number of amides is 2. The molecule has 85 heavy (non-hydrogen) atoms. The molecule has 0 unspecified atom stereocenters. The second-order valence-electron chi connectivity index (χ2n) is 17.2. The van der Waals surface area contributed by atoms with Gasteiger partial charge in [0.05, 0.1) is 26.3 Å². The van der Waals surface area contributed by atoms with E-state index in [1.807, 2.05) is 53.4 Å². The minimum absolute atomic E-state index is 0. The van der Waals surface area contributed by atoms with Crippen LogP contribution in [0, 0.1) is 0 Å². The van der Waals surface area contributed by atoms with Crippen LogP contribution in [-0.2, 0) is 62.8 Å². The number of fused-ring (bicyclic) bond motifs is 2. The molecule has 451 valence electrons. The van der Waals surface area contributed by atoms with Gasteiger partial charge in [-0.15, -0.1) is 0 Å². The van der Waals surface area contributed by atoms with Gasteiger partial charge in [-0.1, -0.05) is 96.1 Å². The van der Waals surface area contributed by atoms with Gasteiger partial charge in [0.25, 0.3) is 5.97 Å². The molecule has 0 bridgehead atoms. The monoisotopic (exact) mass is 1190 g/mol. The fraction of sp³-hybridized carbons (Fsp3) is 0.339. The molecule has 0 fully saturated rings. The van der Waals surface area contributed by atoms with Crippen LogP contribution in [0.25, 0.3) is 0 Å². The van der Waals surface area contributed by atoms with Crippen molar-refractivity contribution in [2.45, 2.75) is 102 Å². The summed E-state index contributed by atoms with van der Waals surface area (Å²) in [5, 5.41) is 16.2. The number of aliphatic carboxylic acids is 1. The van der Waals surface area contributed by atoms with Gasteiger partial charge in [-0.3, -0.25) is 24.0 Å². The van der Waals surface area contributed by atoms with Gasteiger partial charge in [0, 0.05) is 65.3 Å². The number of ether oxygens (including phenoxy) is 2. The minimum Gasteiger partial charge on any atom is -0.793 e. The maximum absolute atomic E-state index is 12.3. The smallest absolute Gasteiger partial charge is 0.793 e. The van der Waals surface area contributed by atoms with Crippen LogP contribution < -0.4 is 82.0 Å². The largest absolute Gasteiger partial charge is 1.00 e. The van der Waals surface area contributed by atoms with Gasteiger partial charge in [0.15, 0.2) is 23.3 Å². The number of nitrogens with one attached hydrogen (secondary N) is 3. The summed E-state index contributed by atoms with van der Waals surface area (Å²) in [6, 6.07) is 27.0. The number of nitrogens with two attached hydrogens (primary N) is 3. The number of carboxylic acids is 1. The number of hydrogen-bond acceptors (Lipinski definition) is 24. The molecule has 0 spiro atoms. The zero-order valence-electron chi connectivity index (χ0n) is 47.3. The average molecular weight is 1190 g/mol. The van der Waals surface area contributed by atoms with E-state index in [4.69, 9.17) is 36.6 Å². The van der Waals surface area contributed by atoms with Crippen molar-refractivity contribution in [3.8, 4) is 12.0 Å². The van der Waals surface area contributed by atoms with Crippen molar-refractivity contribution in [2.24, 2.45) is 0 Å². The molecular formula is C56H75BN14NaO13. The van der Waals surface area contributed by atoms with Crippen molar-refractivity contribution in [1.29, 1.82) is 0 Å². The van der Waals surface area contributed by atoms with Gasteiger partial charge < -0.3 is 70.2 Å². The van der Waals surface area contributed by atoms with Crippen LogP contribution in [0.5, 0.6) is 12.0 Å². The van der Waals surface area contributed by atoms with Crippen LogP contribution in [0.1, 0.15) is 109 Å². The number of rotatable bonds is 16. The van der Waals surface area contributed by atoms with Crippen LogP contribution in [-0.4, -0.2) is 111 Å². The number of carbonyl (C=O) groups excluding carboxylic acids is 6. The first kappa shape index (κ1) is 75.9. The van der Waals surface area contributed by atoms with E-state index in [0.29, 0.717) is 67.2 Å². The third-order valence-electron chi connectivity index (χ3n) is 10.1. The average Bonchev–Trinajstić information content (AvgIpc) is 1.56. The van der Waals surface area contributed by atoms with Crippen molar-refractivity contribution in [2.75, 3.05) is 69.3 Å². The number of aromatic nitrogens is 6. The fourth-order valence-corrected chi connectivity index (χ4v) is 6.64. The van der Waals surface area contributed by atoms with Crippen LogP contribution in [0.15, 0.2) is 97.3 Å². The molecule has 6 aromatic rings. The molecule has 10 N–H and O–H groups in total. The Bertz CT molecular complexity index is 3010. The molecule has 29 heteroatoms. The topological polar surface area (TPSA) is 384 Å². The third-order valence-corrected chi connectivity index (χ3v) is 10.1. The van der Waals surface area contributed by atoms with Crippen molar-refractivity contribution in [3.05, 3.63) is 120 Å². The molecule has 0 saturated carbocycles. The van der Waals surface area contributed by atoms with Gasteiger partial charge in [-0.05, 0) is 59.9 Å². The first-order valence-electron chi connectivity index (χ1n) is 25.3. The predicted molar refractivity (Wildman–Crippen MR) is 319 cm³/mol. The summed E-state index contributed by atoms with van der Waals surface area (Å²) in [5.41, 5.74) is 21.8. The maximum atomic E-state index is 12.3. The standard InChI is InChI=1S/C23H27N7O2.C18H21N5O3.C5H6N2.C4H6O4.C2H3BO2.C2H4O2.2CH4.Na/c1-2-3-11-32-23-28-21(24)20-22(29-23)30(15-19(31)27-20)14-17-8-6-7-16(12-17)13-26-18-9-4-5-10-25-18;1-2-3-7-26-18-21-16(19)15-17(22-18)23(10-14(25)20-15)9-12-5-4-6-13(8-12)11-24;6-5-3-1-2-4-7-5;1-3(5)7-8-4(2)6;1-2(4)5-3;1-2(3)4;;;/h4-10,12H,2-3,11,13-15H2,1H3,(H,25,26)(H,27,31)(H2,24,28,29);4-6,8,11H,2-3,7,9-10H2,1H3,(H,20,25)(H2,19,21,22);1-4H,(H2,6,7);1-2H3;1H3;1H3,(H,3,4);2*1H4;/q;;;;-1;;;;+1. The number of carboxylic acid groups (broad SMARTS) is 1. The van der Waals surface area contributed by atoms with Crippen LogP contribution in [0.2, 0.25) is 0 Å². The second kappa shape index (κ2) is 41.8. The van der Waals surface area contributed by atoms with E-state index >= 15 is 0 Å². The number of nitrogens with zero attached hydrogens (tertiary/aromatic N) is 8. The van der Waals surface area contributed by atoms with E-state index in [0.717, 1.165) is 75.2 Å². The summed E-state index contributed by atoms with van der Waals surface area (Å²) in [6.07, 6.45) is 8.00. The Morgan fingerprint density at radius 1 is 0.659 bits per heavy atom. The van der Waals surface area contributed by atoms with E-state index in [1.165, 1.54) is 6.92 Å². The fourth-order valence-electron chi connectivity index (χ4n) is 6.64. The first-order chi connectivity index (χ1) is 39.2. The van der Waals surface area contributed by atoms with Gasteiger partial charge >= 0.3 is 53.5 Å². The Morgan fingerprint density at radius 2 is 1.11 bits per heavy atom. The second-order valence-corrected chi connectivity index (χ2v) is 17.2. The maximum Gasteiger partial charge on any atom is 1.00 e.